The van der Waals surface area contributed by atoms with Crippen LogP contribution in [0.15, 0.2) is 18.3 Å². The van der Waals surface area contributed by atoms with Crippen molar-refractivity contribution in [2.75, 3.05) is 18.5 Å². The number of aromatic nitrogens is 2. The number of amides is 3. The van der Waals surface area contributed by atoms with Crippen molar-refractivity contribution in [3.05, 3.63) is 29.6 Å². The Morgan fingerprint density at radius 1 is 1.32 bits per heavy atom. The van der Waals surface area contributed by atoms with E-state index in [1.807, 2.05) is 12.1 Å². The van der Waals surface area contributed by atoms with Crippen LogP contribution in [0.4, 0.5) is 10.6 Å². The number of urea groups is 1. The molecule has 7 heteroatoms. The number of imide groups is 1. The van der Waals surface area contributed by atoms with Crippen LogP contribution >= 0.6 is 0 Å². The van der Waals surface area contributed by atoms with Gasteiger partial charge in [-0.1, -0.05) is 0 Å². The summed E-state index contributed by atoms with van der Waals surface area (Å²) in [6.45, 7) is -0.127. The van der Waals surface area contributed by atoms with Gasteiger partial charge in [0, 0.05) is 13.2 Å². The number of pyridine rings is 1. The van der Waals surface area contributed by atoms with Crippen LogP contribution in [0.25, 0.3) is 5.65 Å². The van der Waals surface area contributed by atoms with Gasteiger partial charge in [-0.15, -0.1) is 0 Å². The predicted octanol–water partition coefficient (Wildman–Crippen LogP) is 1.10. The van der Waals surface area contributed by atoms with Crippen LogP contribution in [-0.4, -0.2) is 44.9 Å². The number of rotatable bonds is 3. The molecular formula is C15H16N4O3. The Bertz CT molecular complexity index is 793. The zero-order chi connectivity index (χ0) is 15.4. The van der Waals surface area contributed by atoms with Gasteiger partial charge in [-0.3, -0.25) is 19.0 Å². The average Bonchev–Trinajstić information content (AvgIpc) is 3.23. The van der Waals surface area contributed by atoms with E-state index in [-0.39, 0.29) is 25.1 Å². The number of aliphatic hydroxyl groups excluding tert-OH is 1. The first-order valence-electron chi connectivity index (χ1n) is 7.29. The minimum absolute atomic E-state index is 0.0329. The zero-order valence-electron chi connectivity index (χ0n) is 12.2. The summed E-state index contributed by atoms with van der Waals surface area (Å²) in [4.78, 5) is 31.0. The fraction of sp³-hybridized carbons (Fsp3) is 0.400. The van der Waals surface area contributed by atoms with Crippen LogP contribution in [0.5, 0.6) is 0 Å². The highest BCUT2D eigenvalue weighted by atomic mass is 16.3. The number of likely N-dealkylation sites (N-methyl/N-ethyl adjacent to an activating group) is 1. The molecule has 0 atom stereocenters. The number of carbonyl (C=O) groups is 2. The molecule has 0 aromatic carbocycles. The monoisotopic (exact) mass is 300 g/mol. The van der Waals surface area contributed by atoms with E-state index in [9.17, 15) is 14.7 Å². The van der Waals surface area contributed by atoms with E-state index in [0.29, 0.717) is 23.1 Å². The van der Waals surface area contributed by atoms with Gasteiger partial charge in [0.05, 0.1) is 12.3 Å². The minimum atomic E-state index is -0.335. The molecule has 0 bridgehead atoms. The Kier molecular flexibility index (Phi) is 2.74. The van der Waals surface area contributed by atoms with Crippen LogP contribution in [0.1, 0.15) is 30.0 Å². The molecule has 4 rings (SSSR count). The lowest BCUT2D eigenvalue weighted by atomic mass is 10.1. The summed E-state index contributed by atoms with van der Waals surface area (Å²) in [7, 11) is 1.49. The van der Waals surface area contributed by atoms with E-state index < -0.39 is 0 Å². The Morgan fingerprint density at radius 3 is 2.68 bits per heavy atom. The third-order valence-electron chi connectivity index (χ3n) is 4.29. The van der Waals surface area contributed by atoms with E-state index in [0.717, 1.165) is 23.3 Å². The SMILES string of the molecule is CN1C(=O)CN(c2cc(C3CC3)cc3nc(CO)cn23)C1=O. The second kappa shape index (κ2) is 4.54. The number of carbonyl (C=O) groups excluding carboxylic acids is 2. The largest absolute Gasteiger partial charge is 0.390 e. The maximum absolute atomic E-state index is 12.3. The van der Waals surface area contributed by atoms with Gasteiger partial charge in [0.25, 0.3) is 5.91 Å². The zero-order valence-corrected chi connectivity index (χ0v) is 12.2. The first-order chi connectivity index (χ1) is 10.6. The van der Waals surface area contributed by atoms with Gasteiger partial charge >= 0.3 is 6.03 Å². The Morgan fingerprint density at radius 2 is 2.09 bits per heavy atom. The molecule has 1 aliphatic heterocycles. The highest BCUT2D eigenvalue weighted by Crippen LogP contribution is 2.42. The van der Waals surface area contributed by atoms with Crippen molar-refractivity contribution in [3.8, 4) is 0 Å². The van der Waals surface area contributed by atoms with Crippen molar-refractivity contribution in [2.24, 2.45) is 0 Å². The first-order valence-corrected chi connectivity index (χ1v) is 7.29. The molecule has 0 radical (unpaired) electrons. The summed E-state index contributed by atoms with van der Waals surface area (Å²) in [6, 6.07) is 3.61. The van der Waals surface area contributed by atoms with E-state index in [1.165, 1.54) is 11.9 Å². The lowest BCUT2D eigenvalue weighted by Crippen LogP contribution is -2.31. The number of aliphatic hydroxyl groups is 1. The molecule has 2 aromatic heterocycles. The topological polar surface area (TPSA) is 78.2 Å². The molecule has 2 fully saturated rings. The molecule has 1 saturated carbocycles. The van der Waals surface area contributed by atoms with Crippen molar-refractivity contribution in [2.45, 2.75) is 25.4 Å². The summed E-state index contributed by atoms with van der Waals surface area (Å²) in [5.74, 6) is 0.913. The summed E-state index contributed by atoms with van der Waals surface area (Å²) in [5, 5.41) is 9.30. The maximum atomic E-state index is 12.3. The predicted molar refractivity (Wildman–Crippen MR) is 78.6 cm³/mol. The van der Waals surface area contributed by atoms with Gasteiger partial charge in [0.15, 0.2) is 0 Å². The van der Waals surface area contributed by atoms with E-state index in [2.05, 4.69) is 4.98 Å². The van der Waals surface area contributed by atoms with Gasteiger partial charge in [-0.25, -0.2) is 9.78 Å². The van der Waals surface area contributed by atoms with Crippen LogP contribution in [0.3, 0.4) is 0 Å². The van der Waals surface area contributed by atoms with Crippen molar-refractivity contribution < 1.29 is 14.7 Å². The summed E-state index contributed by atoms with van der Waals surface area (Å²) in [6.07, 6.45) is 3.98. The lowest BCUT2D eigenvalue weighted by molar-refractivity contribution is -0.123. The second-order valence-corrected chi connectivity index (χ2v) is 5.86. The van der Waals surface area contributed by atoms with Crippen molar-refractivity contribution >= 4 is 23.4 Å². The quantitative estimate of drug-likeness (QED) is 0.861. The van der Waals surface area contributed by atoms with Crippen LogP contribution in [0.2, 0.25) is 0 Å². The smallest absolute Gasteiger partial charge is 0.332 e. The molecule has 0 unspecified atom stereocenters. The van der Waals surface area contributed by atoms with Gasteiger partial charge in [0.2, 0.25) is 0 Å². The molecule has 2 aromatic rings. The molecule has 114 valence electrons. The van der Waals surface area contributed by atoms with Crippen molar-refractivity contribution in [1.82, 2.24) is 14.3 Å². The molecule has 1 aliphatic carbocycles. The number of anilines is 1. The van der Waals surface area contributed by atoms with Crippen molar-refractivity contribution in [3.63, 3.8) is 0 Å². The van der Waals surface area contributed by atoms with Crippen LogP contribution < -0.4 is 4.90 Å². The lowest BCUT2D eigenvalue weighted by Gasteiger charge is -2.17. The fourth-order valence-electron chi connectivity index (χ4n) is 2.85. The Labute approximate surface area is 126 Å². The third-order valence-corrected chi connectivity index (χ3v) is 4.29. The Balaban J connectivity index is 1.89. The normalized spacial score (nSPS) is 18.8. The summed E-state index contributed by atoms with van der Waals surface area (Å²) in [5.41, 5.74) is 2.37. The number of nitrogens with zero attached hydrogens (tertiary/aromatic N) is 4. The molecule has 3 amide bonds. The fourth-order valence-corrected chi connectivity index (χ4v) is 2.85. The van der Waals surface area contributed by atoms with E-state index in [1.54, 1.807) is 10.6 Å². The van der Waals surface area contributed by atoms with Gasteiger partial charge in [0.1, 0.15) is 18.0 Å². The number of hydrogen-bond acceptors (Lipinski definition) is 4. The number of imidazole rings is 1. The molecule has 0 spiro atoms. The summed E-state index contributed by atoms with van der Waals surface area (Å²) >= 11 is 0. The molecule has 3 heterocycles. The molecule has 7 nitrogen and oxygen atoms in total. The van der Waals surface area contributed by atoms with E-state index >= 15 is 0 Å². The molecule has 1 N–H and O–H groups in total. The van der Waals surface area contributed by atoms with Crippen molar-refractivity contribution in [1.29, 1.82) is 0 Å². The Hall–Kier alpha value is -2.41. The summed E-state index contributed by atoms with van der Waals surface area (Å²) < 4.78 is 1.77. The second-order valence-electron chi connectivity index (χ2n) is 5.86. The standard InChI is InChI=1S/C15H16N4O3/c1-17-14(21)7-19(15(17)22)13-5-10(9-2-3-9)4-12-16-11(8-20)6-18(12)13/h4-6,9,20H,2-3,7-8H2,1H3. The van der Waals surface area contributed by atoms with E-state index in [4.69, 9.17) is 0 Å². The minimum Gasteiger partial charge on any atom is -0.390 e. The van der Waals surface area contributed by atoms with Gasteiger partial charge < -0.3 is 5.11 Å². The molecular weight excluding hydrogens is 284 g/mol. The van der Waals surface area contributed by atoms with Gasteiger partial charge in [-0.2, -0.15) is 0 Å². The average molecular weight is 300 g/mol. The third kappa shape index (κ3) is 1.89. The van der Waals surface area contributed by atoms with Crippen LogP contribution in [0, 0.1) is 0 Å². The highest BCUT2D eigenvalue weighted by molar-refractivity contribution is 6.11. The maximum Gasteiger partial charge on any atom is 0.332 e. The number of fused-ring (bicyclic) bond motifs is 1. The van der Waals surface area contributed by atoms with Crippen LogP contribution in [-0.2, 0) is 11.4 Å². The molecule has 22 heavy (non-hydrogen) atoms. The molecule has 2 aliphatic rings. The number of hydrogen-bond donors (Lipinski definition) is 1. The van der Waals surface area contributed by atoms with Gasteiger partial charge in [-0.05, 0) is 36.5 Å². The highest BCUT2D eigenvalue weighted by Gasteiger charge is 2.36. The molecule has 1 saturated heterocycles. The first kappa shape index (κ1) is 13.3.